The lowest BCUT2D eigenvalue weighted by molar-refractivity contribution is 0.115. The number of furan rings is 1. The second-order valence-corrected chi connectivity index (χ2v) is 6.37. The second-order valence-electron chi connectivity index (χ2n) is 6.37. The molecule has 3 heteroatoms. The molecule has 3 aliphatic rings. The van der Waals surface area contributed by atoms with Gasteiger partial charge in [-0.2, -0.15) is 0 Å². The van der Waals surface area contributed by atoms with Crippen LogP contribution < -0.4 is 0 Å². The Morgan fingerprint density at radius 3 is 2.84 bits per heavy atom. The molecule has 1 aromatic rings. The van der Waals surface area contributed by atoms with Crippen molar-refractivity contribution in [2.75, 3.05) is 26.7 Å². The van der Waals surface area contributed by atoms with Gasteiger partial charge in [-0.25, -0.2) is 0 Å². The van der Waals surface area contributed by atoms with Gasteiger partial charge in [0.1, 0.15) is 11.5 Å². The summed E-state index contributed by atoms with van der Waals surface area (Å²) >= 11 is 0. The van der Waals surface area contributed by atoms with Crippen molar-refractivity contribution < 1.29 is 4.42 Å². The molecule has 3 nitrogen and oxygen atoms in total. The molecule has 0 aliphatic carbocycles. The minimum Gasteiger partial charge on any atom is -0.465 e. The van der Waals surface area contributed by atoms with Crippen LogP contribution in [0, 0.1) is 5.92 Å². The van der Waals surface area contributed by atoms with E-state index in [1.807, 2.05) is 0 Å². The van der Waals surface area contributed by atoms with Gasteiger partial charge in [0.15, 0.2) is 0 Å². The monoisotopic (exact) mass is 262 g/mol. The average molecular weight is 262 g/mol. The number of hydrogen-bond donors (Lipinski definition) is 0. The molecule has 3 aliphatic heterocycles. The van der Waals surface area contributed by atoms with Crippen molar-refractivity contribution >= 4 is 0 Å². The van der Waals surface area contributed by atoms with Crippen LogP contribution in [0.5, 0.6) is 0 Å². The topological polar surface area (TPSA) is 19.6 Å². The van der Waals surface area contributed by atoms with E-state index in [4.69, 9.17) is 4.42 Å². The lowest BCUT2D eigenvalue weighted by Crippen LogP contribution is -2.43. The number of aryl methyl sites for hydroxylation is 1. The normalized spacial score (nSPS) is 28.7. The Bertz CT molecular complexity index is 415. The number of piperidine rings is 1. The molecule has 106 valence electrons. The lowest BCUT2D eigenvalue weighted by Gasteiger charge is -2.35. The zero-order valence-electron chi connectivity index (χ0n) is 12.3. The minimum absolute atomic E-state index is 0.725. The van der Waals surface area contributed by atoms with E-state index in [0.29, 0.717) is 0 Å². The Kier molecular flexibility index (Phi) is 3.94. The Hall–Kier alpha value is -0.800. The first kappa shape index (κ1) is 13.2. The molecular formula is C16H26N2O. The van der Waals surface area contributed by atoms with Gasteiger partial charge in [0.05, 0.1) is 6.54 Å². The van der Waals surface area contributed by atoms with E-state index in [0.717, 1.165) is 42.9 Å². The fraction of sp³-hybridized carbons (Fsp3) is 0.750. The summed E-state index contributed by atoms with van der Waals surface area (Å²) in [5.74, 6) is 3.15. The van der Waals surface area contributed by atoms with Crippen molar-refractivity contribution in [1.82, 2.24) is 9.80 Å². The van der Waals surface area contributed by atoms with Gasteiger partial charge in [0, 0.05) is 32.1 Å². The Labute approximate surface area is 116 Å². The lowest BCUT2D eigenvalue weighted by atomic mass is 9.95. The highest BCUT2D eigenvalue weighted by atomic mass is 16.3. The van der Waals surface area contributed by atoms with Gasteiger partial charge < -0.3 is 9.32 Å². The summed E-state index contributed by atoms with van der Waals surface area (Å²) in [6, 6.07) is 5.05. The Morgan fingerprint density at radius 2 is 2.00 bits per heavy atom. The molecule has 0 N–H and O–H groups in total. The number of fused-ring (bicyclic) bond motifs is 4. The maximum atomic E-state index is 5.95. The quantitative estimate of drug-likeness (QED) is 0.832. The van der Waals surface area contributed by atoms with E-state index in [2.05, 4.69) is 35.9 Å². The van der Waals surface area contributed by atoms with Gasteiger partial charge in [-0.15, -0.1) is 0 Å². The van der Waals surface area contributed by atoms with E-state index in [1.165, 1.54) is 32.5 Å². The van der Waals surface area contributed by atoms with Crippen molar-refractivity contribution in [3.8, 4) is 0 Å². The number of hydrogen-bond acceptors (Lipinski definition) is 3. The van der Waals surface area contributed by atoms with Crippen molar-refractivity contribution in [3.05, 3.63) is 23.7 Å². The van der Waals surface area contributed by atoms with Crippen LogP contribution in [0.25, 0.3) is 0 Å². The average Bonchev–Trinajstić information content (AvgIpc) is 2.65. The van der Waals surface area contributed by atoms with Gasteiger partial charge in [0.25, 0.3) is 0 Å². The van der Waals surface area contributed by atoms with Crippen LogP contribution in [-0.4, -0.2) is 42.5 Å². The van der Waals surface area contributed by atoms with Gasteiger partial charge in [-0.3, -0.25) is 4.90 Å². The van der Waals surface area contributed by atoms with E-state index in [1.54, 1.807) is 0 Å². The molecule has 1 aromatic heterocycles. The molecule has 0 aromatic carbocycles. The molecule has 0 unspecified atom stereocenters. The number of nitrogens with zero attached hydrogens (tertiary/aromatic N) is 2. The van der Waals surface area contributed by atoms with Gasteiger partial charge >= 0.3 is 0 Å². The van der Waals surface area contributed by atoms with E-state index < -0.39 is 0 Å². The van der Waals surface area contributed by atoms with Gasteiger partial charge in [0.2, 0.25) is 0 Å². The molecular weight excluding hydrogens is 236 g/mol. The molecule has 0 radical (unpaired) electrons. The molecule has 2 atom stereocenters. The molecule has 3 fully saturated rings. The van der Waals surface area contributed by atoms with Crippen LogP contribution in [0.3, 0.4) is 0 Å². The molecule has 3 saturated heterocycles. The summed E-state index contributed by atoms with van der Waals surface area (Å²) in [4.78, 5) is 5.15. The molecule has 0 amide bonds. The Balaban J connectivity index is 1.65. The smallest absolute Gasteiger partial charge is 0.118 e. The number of likely N-dealkylation sites (N-methyl/N-ethyl adjacent to an activating group) is 1. The highest BCUT2D eigenvalue weighted by molar-refractivity contribution is 5.08. The van der Waals surface area contributed by atoms with Crippen LogP contribution in [0.2, 0.25) is 0 Å². The summed E-state index contributed by atoms with van der Waals surface area (Å²) in [5, 5.41) is 0. The molecule has 4 rings (SSSR count). The fourth-order valence-corrected chi connectivity index (χ4v) is 3.70. The zero-order valence-corrected chi connectivity index (χ0v) is 12.3. The first-order valence-electron chi connectivity index (χ1n) is 7.74. The van der Waals surface area contributed by atoms with Crippen LogP contribution in [-0.2, 0) is 13.0 Å². The maximum Gasteiger partial charge on any atom is 0.118 e. The van der Waals surface area contributed by atoms with Crippen LogP contribution in [0.15, 0.2) is 16.5 Å². The standard InChI is InChI=1S/C16H26N2O/c1-3-4-15-7-8-16(19-15)12-18-10-13-5-6-14(18)11-17(2)9-13/h7-8,13-14H,3-6,9-12H2,1-2H3/t13-,14+/m0/s1. The van der Waals surface area contributed by atoms with Crippen LogP contribution >= 0.6 is 0 Å². The van der Waals surface area contributed by atoms with Crippen molar-refractivity contribution in [2.45, 2.75) is 45.2 Å². The predicted molar refractivity (Wildman–Crippen MR) is 77.1 cm³/mol. The van der Waals surface area contributed by atoms with Crippen molar-refractivity contribution in [3.63, 3.8) is 0 Å². The van der Waals surface area contributed by atoms with Gasteiger partial charge in [-0.05, 0) is 44.4 Å². The van der Waals surface area contributed by atoms with Gasteiger partial charge in [-0.1, -0.05) is 6.92 Å². The summed E-state index contributed by atoms with van der Waals surface area (Å²) in [7, 11) is 2.26. The first-order chi connectivity index (χ1) is 9.24. The third-order valence-electron chi connectivity index (χ3n) is 4.58. The van der Waals surface area contributed by atoms with E-state index in [9.17, 15) is 0 Å². The molecule has 2 bridgehead atoms. The maximum absolute atomic E-state index is 5.95. The third kappa shape index (κ3) is 3.03. The Morgan fingerprint density at radius 1 is 1.16 bits per heavy atom. The zero-order chi connectivity index (χ0) is 13.2. The second kappa shape index (κ2) is 5.68. The number of rotatable bonds is 4. The van der Waals surface area contributed by atoms with E-state index >= 15 is 0 Å². The minimum atomic E-state index is 0.725. The van der Waals surface area contributed by atoms with E-state index in [-0.39, 0.29) is 0 Å². The third-order valence-corrected chi connectivity index (χ3v) is 4.58. The highest BCUT2D eigenvalue weighted by Crippen LogP contribution is 2.28. The summed E-state index contributed by atoms with van der Waals surface area (Å²) < 4.78 is 5.95. The fourth-order valence-electron chi connectivity index (χ4n) is 3.70. The van der Waals surface area contributed by atoms with Crippen LogP contribution in [0.1, 0.15) is 37.7 Å². The SMILES string of the molecule is CCCc1ccc(CN2C[C@H]3CC[C@@H]2CN(C)C3)o1. The molecule has 4 heterocycles. The highest BCUT2D eigenvalue weighted by Gasteiger charge is 2.33. The molecule has 0 saturated carbocycles. The van der Waals surface area contributed by atoms with Crippen molar-refractivity contribution in [1.29, 1.82) is 0 Å². The van der Waals surface area contributed by atoms with Crippen molar-refractivity contribution in [2.24, 2.45) is 5.92 Å². The first-order valence-corrected chi connectivity index (χ1v) is 7.74. The summed E-state index contributed by atoms with van der Waals surface area (Å²) in [5.41, 5.74) is 0. The predicted octanol–water partition coefficient (Wildman–Crippen LogP) is 2.76. The molecule has 0 spiro atoms. The largest absolute Gasteiger partial charge is 0.465 e. The summed E-state index contributed by atoms with van der Waals surface area (Å²) in [6.07, 6.45) is 4.99. The van der Waals surface area contributed by atoms with Crippen LogP contribution in [0.4, 0.5) is 0 Å². The summed E-state index contributed by atoms with van der Waals surface area (Å²) in [6.45, 7) is 6.94. The molecule has 19 heavy (non-hydrogen) atoms.